The fraction of sp³-hybridized carbons (Fsp3) is 0.471. The van der Waals surface area contributed by atoms with Gasteiger partial charge in [-0.15, -0.1) is 10.2 Å². The molecule has 2 rings (SSSR count). The van der Waals surface area contributed by atoms with Crippen LogP contribution in [0.1, 0.15) is 26.3 Å². The highest BCUT2D eigenvalue weighted by Crippen LogP contribution is 2.28. The van der Waals surface area contributed by atoms with Gasteiger partial charge in [0.1, 0.15) is 6.04 Å². The Bertz CT molecular complexity index is 879. The van der Waals surface area contributed by atoms with Crippen LogP contribution >= 0.6 is 23.1 Å². The Labute approximate surface area is 168 Å². The molecule has 0 saturated heterocycles. The largest absolute Gasteiger partial charge is 0.299 e. The lowest BCUT2D eigenvalue weighted by atomic mass is 10.2. The molecule has 10 heteroatoms. The Morgan fingerprint density at radius 2 is 1.85 bits per heavy atom. The van der Waals surface area contributed by atoms with Crippen LogP contribution in [0.15, 0.2) is 28.6 Å². The van der Waals surface area contributed by atoms with Crippen LogP contribution in [-0.4, -0.2) is 42.6 Å². The molecule has 0 aliphatic heterocycles. The number of aromatic nitrogens is 2. The summed E-state index contributed by atoms with van der Waals surface area (Å²) in [7, 11) is -3.64. The number of nitrogens with zero attached hydrogens (tertiary/aromatic N) is 3. The van der Waals surface area contributed by atoms with E-state index in [0.717, 1.165) is 26.2 Å². The normalized spacial score (nSPS) is 12.8. The number of hydrogen-bond acceptors (Lipinski definition) is 7. The maximum absolute atomic E-state index is 12.6. The second kappa shape index (κ2) is 9.03. The molecule has 148 valence electrons. The quantitative estimate of drug-likeness (QED) is 0.512. The second-order valence-corrected chi connectivity index (χ2v) is 10.7. The minimum atomic E-state index is -3.64. The van der Waals surface area contributed by atoms with E-state index in [1.807, 2.05) is 6.92 Å². The van der Waals surface area contributed by atoms with Gasteiger partial charge in [-0.3, -0.25) is 14.4 Å². The first-order valence-electron chi connectivity index (χ1n) is 8.41. The Balaban J connectivity index is 2.14. The molecule has 0 aliphatic carbocycles. The van der Waals surface area contributed by atoms with Gasteiger partial charge in [0.05, 0.1) is 11.9 Å². The Kier molecular flexibility index (Phi) is 7.24. The maximum atomic E-state index is 12.6. The van der Waals surface area contributed by atoms with Gasteiger partial charge < -0.3 is 0 Å². The molecule has 0 spiro atoms. The smallest absolute Gasteiger partial charge is 0.249 e. The molecular weight excluding hydrogens is 404 g/mol. The third-order valence-electron chi connectivity index (χ3n) is 3.55. The van der Waals surface area contributed by atoms with Crippen molar-refractivity contribution in [2.24, 2.45) is 5.92 Å². The third-order valence-corrected chi connectivity index (χ3v) is 7.19. The van der Waals surface area contributed by atoms with Crippen molar-refractivity contribution in [3.05, 3.63) is 29.8 Å². The number of nitrogens with one attached hydrogen (secondary N) is 1. The highest BCUT2D eigenvalue weighted by Gasteiger charge is 2.29. The van der Waals surface area contributed by atoms with E-state index in [0.29, 0.717) is 16.7 Å². The fourth-order valence-electron chi connectivity index (χ4n) is 2.27. The number of hydrogen-bond donors (Lipinski definition) is 1. The summed E-state index contributed by atoms with van der Waals surface area (Å²) < 4.78 is 26.4. The molecule has 0 aliphatic rings. The van der Waals surface area contributed by atoms with E-state index in [4.69, 9.17) is 0 Å². The van der Waals surface area contributed by atoms with Crippen molar-refractivity contribution in [2.75, 3.05) is 21.6 Å². The summed E-state index contributed by atoms with van der Waals surface area (Å²) in [5, 5.41) is 11.0. The molecule has 1 N–H and O–H groups in total. The second-order valence-electron chi connectivity index (χ2n) is 6.64. The topological polar surface area (TPSA) is 92.3 Å². The van der Waals surface area contributed by atoms with Gasteiger partial charge >= 0.3 is 0 Å². The summed E-state index contributed by atoms with van der Waals surface area (Å²) in [5.41, 5.74) is 1.45. The van der Waals surface area contributed by atoms with Gasteiger partial charge in [0.15, 0.2) is 4.34 Å². The van der Waals surface area contributed by atoms with Crippen molar-refractivity contribution in [3.63, 3.8) is 0 Å². The summed E-state index contributed by atoms with van der Waals surface area (Å²) in [6, 6.07) is 6.05. The third kappa shape index (κ3) is 6.18. The molecule has 27 heavy (non-hydrogen) atoms. The van der Waals surface area contributed by atoms with Crippen LogP contribution in [-0.2, 0) is 14.8 Å². The van der Waals surface area contributed by atoms with Gasteiger partial charge in [0.2, 0.25) is 21.1 Å². The van der Waals surface area contributed by atoms with E-state index >= 15 is 0 Å². The van der Waals surface area contributed by atoms with Gasteiger partial charge in [0.25, 0.3) is 0 Å². The lowest BCUT2D eigenvalue weighted by Crippen LogP contribution is -2.45. The first-order valence-corrected chi connectivity index (χ1v) is 12.1. The van der Waals surface area contributed by atoms with Crippen molar-refractivity contribution < 1.29 is 13.2 Å². The number of rotatable bonds is 8. The summed E-state index contributed by atoms with van der Waals surface area (Å²) in [6.45, 7) is 7.69. The van der Waals surface area contributed by atoms with Crippen molar-refractivity contribution in [2.45, 2.75) is 38.1 Å². The number of thioether (sulfide) groups is 1. The van der Waals surface area contributed by atoms with E-state index in [-0.39, 0.29) is 0 Å². The van der Waals surface area contributed by atoms with E-state index < -0.39 is 22.0 Å². The van der Waals surface area contributed by atoms with Crippen LogP contribution in [0.4, 0.5) is 10.8 Å². The number of benzene rings is 1. The number of carbonyl (C=O) groups is 1. The van der Waals surface area contributed by atoms with Crippen LogP contribution < -0.4 is 9.62 Å². The SMILES string of the molecule is Cc1ccc(N([C@H](C)C(=O)Nc2nnc(SCC(C)C)s2)S(C)(=O)=O)cc1. The zero-order chi connectivity index (χ0) is 20.2. The van der Waals surface area contributed by atoms with Crippen LogP contribution in [0.2, 0.25) is 0 Å². The Hall–Kier alpha value is -1.65. The van der Waals surface area contributed by atoms with Gasteiger partial charge in [-0.2, -0.15) is 0 Å². The van der Waals surface area contributed by atoms with Gasteiger partial charge in [0, 0.05) is 5.75 Å². The zero-order valence-corrected chi connectivity index (χ0v) is 18.4. The lowest BCUT2D eigenvalue weighted by Gasteiger charge is -2.27. The molecule has 2 aromatic rings. The molecule has 7 nitrogen and oxygen atoms in total. The fourth-order valence-corrected chi connectivity index (χ4v) is 5.17. The molecule has 0 unspecified atom stereocenters. The molecule has 1 aromatic carbocycles. The summed E-state index contributed by atoms with van der Waals surface area (Å²) in [5.74, 6) is 0.973. The molecule has 0 saturated carbocycles. The van der Waals surface area contributed by atoms with E-state index in [1.54, 1.807) is 43.0 Å². The first-order chi connectivity index (χ1) is 12.6. The van der Waals surface area contributed by atoms with E-state index in [1.165, 1.54) is 11.3 Å². The predicted octanol–water partition coefficient (Wildman–Crippen LogP) is 3.39. The predicted molar refractivity (Wildman–Crippen MR) is 112 cm³/mol. The maximum Gasteiger partial charge on any atom is 0.249 e. The molecular formula is C17H24N4O3S3. The van der Waals surface area contributed by atoms with Crippen molar-refractivity contribution in [1.82, 2.24) is 10.2 Å². The molecule has 0 bridgehead atoms. The standard InChI is InChI=1S/C17H24N4O3S3/c1-11(2)10-25-17-20-19-16(26-17)18-15(22)13(4)21(27(5,23)24)14-8-6-12(3)7-9-14/h6-9,11,13H,10H2,1-5H3,(H,18,19,22)/t13-/m1/s1. The highest BCUT2D eigenvalue weighted by atomic mass is 32.2. The van der Waals surface area contributed by atoms with Gasteiger partial charge in [-0.25, -0.2) is 8.42 Å². The zero-order valence-electron chi connectivity index (χ0n) is 16.0. The Morgan fingerprint density at radius 3 is 2.41 bits per heavy atom. The van der Waals surface area contributed by atoms with Crippen LogP contribution in [0.5, 0.6) is 0 Å². The average Bonchev–Trinajstić information content (AvgIpc) is 3.01. The molecule has 1 aromatic heterocycles. The Morgan fingerprint density at radius 1 is 1.22 bits per heavy atom. The van der Waals surface area contributed by atoms with E-state index in [9.17, 15) is 13.2 Å². The van der Waals surface area contributed by atoms with Gasteiger partial charge in [-0.1, -0.05) is 54.6 Å². The minimum Gasteiger partial charge on any atom is -0.299 e. The van der Waals surface area contributed by atoms with Crippen LogP contribution in [0.25, 0.3) is 0 Å². The van der Waals surface area contributed by atoms with Crippen LogP contribution in [0.3, 0.4) is 0 Å². The van der Waals surface area contributed by atoms with E-state index in [2.05, 4.69) is 29.4 Å². The molecule has 1 atom stereocenters. The molecule has 1 heterocycles. The van der Waals surface area contributed by atoms with Crippen molar-refractivity contribution in [3.8, 4) is 0 Å². The summed E-state index contributed by atoms with van der Waals surface area (Å²) >= 11 is 2.86. The number of carbonyl (C=O) groups excluding carboxylic acids is 1. The monoisotopic (exact) mass is 428 g/mol. The van der Waals surface area contributed by atoms with Crippen molar-refractivity contribution in [1.29, 1.82) is 0 Å². The van der Waals surface area contributed by atoms with Crippen LogP contribution in [0, 0.1) is 12.8 Å². The average molecular weight is 429 g/mol. The summed E-state index contributed by atoms with van der Waals surface area (Å²) in [6.07, 6.45) is 1.09. The number of anilines is 2. The first kappa shape index (κ1) is 21.6. The number of sulfonamides is 1. The molecule has 1 amide bonds. The highest BCUT2D eigenvalue weighted by molar-refractivity contribution is 8.01. The van der Waals surface area contributed by atoms with Crippen molar-refractivity contribution >= 4 is 49.8 Å². The van der Waals surface area contributed by atoms with Gasteiger partial charge in [-0.05, 0) is 31.9 Å². The molecule has 0 fully saturated rings. The minimum absolute atomic E-state index is 0.357. The molecule has 0 radical (unpaired) electrons. The lowest BCUT2D eigenvalue weighted by molar-refractivity contribution is -0.116. The summed E-state index contributed by atoms with van der Waals surface area (Å²) in [4.78, 5) is 12.6. The number of amides is 1. The number of aryl methyl sites for hydroxylation is 1.